The molecule has 1 aliphatic heterocycles. The van der Waals surface area contributed by atoms with Crippen LogP contribution < -0.4 is 5.73 Å². The fourth-order valence-corrected chi connectivity index (χ4v) is 3.12. The van der Waals surface area contributed by atoms with Gasteiger partial charge in [0.25, 0.3) is 0 Å². The summed E-state index contributed by atoms with van der Waals surface area (Å²) in [5, 5.41) is 3.95. The van der Waals surface area contributed by atoms with Gasteiger partial charge in [0.05, 0.1) is 12.2 Å². The van der Waals surface area contributed by atoms with E-state index < -0.39 is 0 Å². The summed E-state index contributed by atoms with van der Waals surface area (Å²) in [5.41, 5.74) is 8.29. The molecule has 2 heterocycles. The third kappa shape index (κ3) is 2.76. The van der Waals surface area contributed by atoms with E-state index in [0.29, 0.717) is 11.8 Å². The molecule has 1 aromatic carbocycles. The summed E-state index contributed by atoms with van der Waals surface area (Å²) in [6.45, 7) is 5.56. The van der Waals surface area contributed by atoms with E-state index in [9.17, 15) is 0 Å². The van der Waals surface area contributed by atoms with Crippen LogP contribution in [0, 0.1) is 12.8 Å². The first-order valence-electron chi connectivity index (χ1n) is 7.16. The minimum Gasteiger partial charge on any atom is -0.360 e. The smallest absolute Gasteiger partial charge is 0.150 e. The average molecular weight is 271 g/mol. The molecule has 0 amide bonds. The van der Waals surface area contributed by atoms with Crippen molar-refractivity contribution >= 4 is 0 Å². The zero-order valence-electron chi connectivity index (χ0n) is 11.8. The zero-order valence-corrected chi connectivity index (χ0v) is 11.8. The highest BCUT2D eigenvalue weighted by Gasteiger charge is 2.33. The van der Waals surface area contributed by atoms with Crippen LogP contribution in [0.15, 0.2) is 40.9 Å². The largest absolute Gasteiger partial charge is 0.360 e. The Balaban J connectivity index is 1.71. The number of likely N-dealkylation sites (tertiary alicyclic amines) is 1. The molecule has 4 nitrogen and oxygen atoms in total. The summed E-state index contributed by atoms with van der Waals surface area (Å²) >= 11 is 0. The van der Waals surface area contributed by atoms with Gasteiger partial charge < -0.3 is 10.3 Å². The Bertz CT molecular complexity index is 552. The third-order valence-electron chi connectivity index (χ3n) is 4.10. The van der Waals surface area contributed by atoms with Gasteiger partial charge in [0, 0.05) is 25.1 Å². The van der Waals surface area contributed by atoms with E-state index in [-0.39, 0.29) is 0 Å². The van der Waals surface area contributed by atoms with Crippen LogP contribution in [0.5, 0.6) is 0 Å². The lowest BCUT2D eigenvalue weighted by atomic mass is 9.89. The van der Waals surface area contributed by atoms with Crippen molar-refractivity contribution in [2.75, 3.05) is 19.6 Å². The van der Waals surface area contributed by atoms with E-state index in [0.717, 1.165) is 37.6 Å². The van der Waals surface area contributed by atoms with Crippen LogP contribution in [-0.2, 0) is 6.54 Å². The lowest BCUT2D eigenvalue weighted by Gasteiger charge is -2.16. The number of benzene rings is 1. The molecule has 3 rings (SSSR count). The Hall–Kier alpha value is -1.65. The second-order valence-electron chi connectivity index (χ2n) is 5.64. The lowest BCUT2D eigenvalue weighted by Crippen LogP contribution is -2.23. The molecule has 0 aliphatic carbocycles. The van der Waals surface area contributed by atoms with Crippen molar-refractivity contribution in [3.63, 3.8) is 0 Å². The Kier molecular flexibility index (Phi) is 3.85. The van der Waals surface area contributed by atoms with Crippen molar-refractivity contribution in [2.45, 2.75) is 19.4 Å². The first-order valence-corrected chi connectivity index (χ1v) is 7.16. The number of aromatic nitrogens is 1. The predicted molar refractivity (Wildman–Crippen MR) is 78.2 cm³/mol. The fourth-order valence-electron chi connectivity index (χ4n) is 3.12. The summed E-state index contributed by atoms with van der Waals surface area (Å²) in [6, 6.07) is 12.7. The molecule has 106 valence electrons. The van der Waals surface area contributed by atoms with Crippen molar-refractivity contribution in [3.8, 4) is 0 Å². The van der Waals surface area contributed by atoms with Gasteiger partial charge in [-0.15, -0.1) is 0 Å². The minimum atomic E-state index is 0.515. The first kappa shape index (κ1) is 13.3. The van der Waals surface area contributed by atoms with Gasteiger partial charge in [-0.05, 0) is 24.9 Å². The molecule has 0 spiro atoms. The van der Waals surface area contributed by atoms with Crippen molar-refractivity contribution in [2.24, 2.45) is 11.7 Å². The first-order chi connectivity index (χ1) is 9.76. The number of rotatable bonds is 4. The van der Waals surface area contributed by atoms with Crippen LogP contribution in [0.4, 0.5) is 0 Å². The highest BCUT2D eigenvalue weighted by Crippen LogP contribution is 2.32. The normalized spacial score (nSPS) is 23.3. The van der Waals surface area contributed by atoms with Crippen LogP contribution in [-0.4, -0.2) is 29.7 Å². The second-order valence-corrected chi connectivity index (χ2v) is 5.64. The Morgan fingerprint density at radius 3 is 2.75 bits per heavy atom. The molecule has 0 bridgehead atoms. The average Bonchev–Trinajstić information content (AvgIpc) is 3.06. The van der Waals surface area contributed by atoms with Gasteiger partial charge in [0.1, 0.15) is 0 Å². The molecule has 20 heavy (non-hydrogen) atoms. The van der Waals surface area contributed by atoms with Gasteiger partial charge in [-0.3, -0.25) is 4.90 Å². The van der Waals surface area contributed by atoms with E-state index in [4.69, 9.17) is 10.3 Å². The maximum absolute atomic E-state index is 5.96. The topological polar surface area (TPSA) is 55.3 Å². The van der Waals surface area contributed by atoms with Crippen LogP contribution in [0.1, 0.15) is 22.9 Å². The quantitative estimate of drug-likeness (QED) is 0.926. The highest BCUT2D eigenvalue weighted by atomic mass is 16.5. The molecule has 2 aromatic rings. The van der Waals surface area contributed by atoms with Crippen molar-refractivity contribution < 1.29 is 4.52 Å². The Morgan fingerprint density at radius 1 is 1.30 bits per heavy atom. The summed E-state index contributed by atoms with van der Waals surface area (Å²) < 4.78 is 5.31. The van der Waals surface area contributed by atoms with Crippen LogP contribution >= 0.6 is 0 Å². The number of hydrogen-bond donors (Lipinski definition) is 1. The van der Waals surface area contributed by atoms with Crippen molar-refractivity contribution in [1.82, 2.24) is 10.1 Å². The molecule has 2 atom stereocenters. The number of nitrogens with zero attached hydrogens (tertiary/aromatic N) is 2. The molecular formula is C16H21N3O. The van der Waals surface area contributed by atoms with Crippen molar-refractivity contribution in [1.29, 1.82) is 0 Å². The molecule has 2 N–H and O–H groups in total. The molecule has 0 saturated carbocycles. The molecule has 1 saturated heterocycles. The Morgan fingerprint density at radius 2 is 2.10 bits per heavy atom. The number of hydrogen-bond acceptors (Lipinski definition) is 4. The maximum atomic E-state index is 5.96. The van der Waals surface area contributed by atoms with Crippen molar-refractivity contribution in [3.05, 3.63) is 53.4 Å². The summed E-state index contributed by atoms with van der Waals surface area (Å²) in [6.07, 6.45) is 0. The summed E-state index contributed by atoms with van der Waals surface area (Å²) in [7, 11) is 0. The van der Waals surface area contributed by atoms with Crippen LogP contribution in [0.25, 0.3) is 0 Å². The molecule has 1 fully saturated rings. The van der Waals surface area contributed by atoms with E-state index >= 15 is 0 Å². The second kappa shape index (κ2) is 5.77. The maximum Gasteiger partial charge on any atom is 0.150 e. The van der Waals surface area contributed by atoms with Gasteiger partial charge in [0.15, 0.2) is 5.76 Å². The standard InChI is InChI=1S/C16H21N3O/c1-12-7-15(20-18-12)10-19-9-14(8-17)16(11-19)13-5-3-2-4-6-13/h2-7,14,16H,8-11,17H2,1H3/t14-,16+/m1/s1. The van der Waals surface area contributed by atoms with Gasteiger partial charge >= 0.3 is 0 Å². The van der Waals surface area contributed by atoms with Crippen LogP contribution in [0.2, 0.25) is 0 Å². The molecule has 1 aromatic heterocycles. The molecule has 0 unspecified atom stereocenters. The van der Waals surface area contributed by atoms with Gasteiger partial charge in [-0.2, -0.15) is 0 Å². The summed E-state index contributed by atoms with van der Waals surface area (Å²) in [5.74, 6) is 1.97. The van der Waals surface area contributed by atoms with E-state index in [1.54, 1.807) is 0 Å². The monoisotopic (exact) mass is 271 g/mol. The molecule has 1 aliphatic rings. The predicted octanol–water partition coefficient (Wildman–Crippen LogP) is 2.16. The summed E-state index contributed by atoms with van der Waals surface area (Å²) in [4.78, 5) is 2.41. The highest BCUT2D eigenvalue weighted by molar-refractivity contribution is 5.22. The fraction of sp³-hybridized carbons (Fsp3) is 0.438. The van der Waals surface area contributed by atoms with Gasteiger partial charge in [-0.25, -0.2) is 0 Å². The minimum absolute atomic E-state index is 0.515. The van der Waals surface area contributed by atoms with Crippen LogP contribution in [0.3, 0.4) is 0 Å². The molecule has 0 radical (unpaired) electrons. The van der Waals surface area contributed by atoms with E-state index in [2.05, 4.69) is 40.4 Å². The van der Waals surface area contributed by atoms with E-state index in [1.165, 1.54) is 5.56 Å². The zero-order chi connectivity index (χ0) is 13.9. The number of aryl methyl sites for hydroxylation is 1. The van der Waals surface area contributed by atoms with E-state index in [1.807, 2.05) is 13.0 Å². The third-order valence-corrected chi connectivity index (χ3v) is 4.10. The number of nitrogens with two attached hydrogens (primary N) is 1. The van der Waals surface area contributed by atoms with Gasteiger partial charge in [-0.1, -0.05) is 35.5 Å². The Labute approximate surface area is 119 Å². The SMILES string of the molecule is Cc1cc(CN2C[C@@H](CN)[C@H](c3ccccc3)C2)on1. The molecule has 4 heteroatoms. The molecular weight excluding hydrogens is 250 g/mol. The lowest BCUT2D eigenvalue weighted by molar-refractivity contribution is 0.265. The van der Waals surface area contributed by atoms with Gasteiger partial charge in [0.2, 0.25) is 0 Å².